The van der Waals surface area contributed by atoms with Gasteiger partial charge in [-0.3, -0.25) is 9.59 Å². The molecule has 1 aromatic heterocycles. The predicted octanol–water partition coefficient (Wildman–Crippen LogP) is 3.81. The summed E-state index contributed by atoms with van der Waals surface area (Å²) in [5, 5.41) is 7.65. The minimum Gasteiger partial charge on any atom is -0.451 e. The maximum atomic E-state index is 12.8. The minimum atomic E-state index is -0.783. The zero-order valence-electron chi connectivity index (χ0n) is 19.0. The number of esters is 1. The van der Waals surface area contributed by atoms with Gasteiger partial charge >= 0.3 is 5.97 Å². The molecule has 3 aromatic rings. The molecule has 0 saturated heterocycles. The number of carbonyl (C=O) groups is 2. The molecule has 0 atom stereocenters. The maximum Gasteiger partial charge on any atom is 0.359 e. The molecule has 0 bridgehead atoms. The maximum absolute atomic E-state index is 12.8. The van der Waals surface area contributed by atoms with Gasteiger partial charge in [-0.1, -0.05) is 18.2 Å². The van der Waals surface area contributed by atoms with Gasteiger partial charge in [-0.15, -0.1) is 0 Å². The number of ether oxygens (including phenoxy) is 3. The summed E-state index contributed by atoms with van der Waals surface area (Å²) in [6, 6.07) is 11.6. The number of hydrogen-bond acceptors (Lipinski definition) is 7. The zero-order chi connectivity index (χ0) is 23.9. The van der Waals surface area contributed by atoms with Crippen LogP contribution in [0.5, 0.6) is 11.5 Å². The van der Waals surface area contributed by atoms with Crippen LogP contribution in [0.25, 0.3) is 10.8 Å². The fourth-order valence-corrected chi connectivity index (χ4v) is 4.39. The third-order valence-electron chi connectivity index (χ3n) is 6.03. The van der Waals surface area contributed by atoms with Crippen molar-refractivity contribution < 1.29 is 23.8 Å². The van der Waals surface area contributed by atoms with Crippen molar-refractivity contribution in [2.75, 3.05) is 11.9 Å². The SMILES string of the molecule is CC(C)n1nc(C(=O)OCC(=O)Nc2ccc3c(c2)OC2(CCCC2)O3)c2ccccc2c1=O. The summed E-state index contributed by atoms with van der Waals surface area (Å²) in [7, 11) is 0. The van der Waals surface area contributed by atoms with Gasteiger partial charge in [0.05, 0.1) is 11.4 Å². The van der Waals surface area contributed by atoms with Gasteiger partial charge in [0, 0.05) is 30.0 Å². The smallest absolute Gasteiger partial charge is 0.359 e. The minimum absolute atomic E-state index is 0.0124. The number of carbonyl (C=O) groups excluding carboxylic acids is 2. The Bertz CT molecular complexity index is 1340. The zero-order valence-corrected chi connectivity index (χ0v) is 19.0. The highest BCUT2D eigenvalue weighted by Gasteiger charge is 2.44. The van der Waals surface area contributed by atoms with Crippen molar-refractivity contribution >= 4 is 28.3 Å². The lowest BCUT2D eigenvalue weighted by atomic mass is 10.1. The lowest BCUT2D eigenvalue weighted by Crippen LogP contribution is -2.34. The summed E-state index contributed by atoms with van der Waals surface area (Å²) >= 11 is 0. The Morgan fingerprint density at radius 3 is 2.53 bits per heavy atom. The average molecular weight is 463 g/mol. The second-order valence-corrected chi connectivity index (χ2v) is 8.85. The lowest BCUT2D eigenvalue weighted by Gasteiger charge is -2.21. The Labute approximate surface area is 195 Å². The van der Waals surface area contributed by atoms with Crippen LogP contribution < -0.4 is 20.3 Å². The molecule has 1 aliphatic carbocycles. The topological polar surface area (TPSA) is 109 Å². The van der Waals surface area contributed by atoms with E-state index in [4.69, 9.17) is 14.2 Å². The van der Waals surface area contributed by atoms with E-state index in [2.05, 4.69) is 10.4 Å². The first-order valence-electron chi connectivity index (χ1n) is 11.4. The van der Waals surface area contributed by atoms with Crippen LogP contribution in [0.3, 0.4) is 0 Å². The largest absolute Gasteiger partial charge is 0.451 e. The third-order valence-corrected chi connectivity index (χ3v) is 6.03. The monoisotopic (exact) mass is 463 g/mol. The standard InChI is InChI=1S/C25H25N3O6/c1-15(2)28-23(30)18-8-4-3-7-17(18)22(27-28)24(31)32-14-21(29)26-16-9-10-19-20(13-16)34-25(33-19)11-5-6-12-25/h3-4,7-10,13,15H,5-6,11-12,14H2,1-2H3,(H,26,29). The fraction of sp³-hybridized carbons (Fsp3) is 0.360. The number of hydrogen-bond donors (Lipinski definition) is 1. The van der Waals surface area contributed by atoms with Crippen molar-refractivity contribution in [1.82, 2.24) is 9.78 Å². The molecule has 34 heavy (non-hydrogen) atoms. The number of nitrogens with one attached hydrogen (secondary N) is 1. The highest BCUT2D eigenvalue weighted by molar-refractivity contribution is 6.03. The van der Waals surface area contributed by atoms with Gasteiger partial charge in [-0.25, -0.2) is 9.48 Å². The molecule has 1 amide bonds. The molecule has 1 spiro atoms. The summed E-state index contributed by atoms with van der Waals surface area (Å²) in [6.07, 6.45) is 3.79. The normalized spacial score (nSPS) is 15.7. The van der Waals surface area contributed by atoms with Gasteiger partial charge in [-0.05, 0) is 44.9 Å². The van der Waals surface area contributed by atoms with Crippen molar-refractivity contribution in [3.05, 3.63) is 58.5 Å². The Hall–Kier alpha value is -3.88. The number of amides is 1. The van der Waals surface area contributed by atoms with Crippen LogP contribution in [-0.2, 0) is 9.53 Å². The van der Waals surface area contributed by atoms with Gasteiger partial charge in [0.15, 0.2) is 23.8 Å². The van der Waals surface area contributed by atoms with Crippen molar-refractivity contribution in [3.8, 4) is 11.5 Å². The van der Waals surface area contributed by atoms with Crippen molar-refractivity contribution in [1.29, 1.82) is 0 Å². The van der Waals surface area contributed by atoms with Gasteiger partial charge in [0.25, 0.3) is 17.3 Å². The van der Waals surface area contributed by atoms with Crippen LogP contribution in [0.2, 0.25) is 0 Å². The number of nitrogens with zero attached hydrogens (tertiary/aromatic N) is 2. The molecule has 2 heterocycles. The molecular formula is C25H25N3O6. The van der Waals surface area contributed by atoms with E-state index >= 15 is 0 Å². The molecule has 0 unspecified atom stereocenters. The Morgan fingerprint density at radius 2 is 1.79 bits per heavy atom. The highest BCUT2D eigenvalue weighted by atomic mass is 16.7. The second kappa shape index (κ2) is 8.48. The van der Waals surface area contributed by atoms with E-state index < -0.39 is 24.3 Å². The van der Waals surface area contributed by atoms with E-state index in [1.165, 1.54) is 4.68 Å². The quantitative estimate of drug-likeness (QED) is 0.573. The molecule has 0 radical (unpaired) electrons. The van der Waals surface area contributed by atoms with Crippen molar-refractivity contribution in [2.45, 2.75) is 51.4 Å². The second-order valence-electron chi connectivity index (χ2n) is 8.85. The first-order chi connectivity index (χ1) is 16.3. The van der Waals surface area contributed by atoms with Gasteiger partial charge in [0.1, 0.15) is 0 Å². The number of aromatic nitrogens is 2. The van der Waals surface area contributed by atoms with Gasteiger partial charge in [-0.2, -0.15) is 5.10 Å². The lowest BCUT2D eigenvalue weighted by molar-refractivity contribution is -0.119. The molecule has 2 aromatic carbocycles. The summed E-state index contributed by atoms with van der Waals surface area (Å²) in [5.74, 6) is -0.630. The van der Waals surface area contributed by atoms with E-state index in [-0.39, 0.29) is 17.3 Å². The molecule has 1 fully saturated rings. The van der Waals surface area contributed by atoms with E-state index in [0.717, 1.165) is 25.7 Å². The molecule has 2 aliphatic rings. The Kier molecular flexibility index (Phi) is 5.47. The van der Waals surface area contributed by atoms with E-state index in [1.54, 1.807) is 56.3 Å². The Balaban J connectivity index is 1.27. The van der Waals surface area contributed by atoms with Crippen LogP contribution in [0.1, 0.15) is 56.1 Å². The van der Waals surface area contributed by atoms with Crippen LogP contribution >= 0.6 is 0 Å². The number of rotatable bonds is 5. The molecule has 9 nitrogen and oxygen atoms in total. The fourth-order valence-electron chi connectivity index (χ4n) is 4.39. The van der Waals surface area contributed by atoms with Crippen LogP contribution in [0.15, 0.2) is 47.3 Å². The van der Waals surface area contributed by atoms with Crippen molar-refractivity contribution in [3.63, 3.8) is 0 Å². The first kappa shape index (κ1) is 21.9. The first-order valence-corrected chi connectivity index (χ1v) is 11.4. The summed E-state index contributed by atoms with van der Waals surface area (Å²) < 4.78 is 18.5. The molecule has 9 heteroatoms. The van der Waals surface area contributed by atoms with E-state index in [0.29, 0.717) is 28.0 Å². The van der Waals surface area contributed by atoms with Gasteiger partial charge in [0.2, 0.25) is 0 Å². The number of anilines is 1. The number of fused-ring (bicyclic) bond motifs is 2. The summed E-state index contributed by atoms with van der Waals surface area (Å²) in [6.45, 7) is 3.09. The average Bonchev–Trinajstić information content (AvgIpc) is 3.43. The molecule has 1 aliphatic heterocycles. The molecular weight excluding hydrogens is 438 g/mol. The predicted molar refractivity (Wildman–Crippen MR) is 124 cm³/mol. The Morgan fingerprint density at radius 1 is 1.09 bits per heavy atom. The summed E-state index contributed by atoms with van der Waals surface area (Å²) in [4.78, 5) is 37.9. The highest BCUT2D eigenvalue weighted by Crippen LogP contribution is 2.47. The van der Waals surface area contributed by atoms with E-state index in [9.17, 15) is 14.4 Å². The third kappa shape index (κ3) is 3.98. The van der Waals surface area contributed by atoms with Crippen LogP contribution in [0, 0.1) is 0 Å². The van der Waals surface area contributed by atoms with Crippen LogP contribution in [0.4, 0.5) is 5.69 Å². The molecule has 5 rings (SSSR count). The van der Waals surface area contributed by atoms with Crippen LogP contribution in [-0.4, -0.2) is 34.1 Å². The summed E-state index contributed by atoms with van der Waals surface area (Å²) in [5.41, 5.74) is 0.208. The molecule has 176 valence electrons. The molecule has 1 N–H and O–H groups in total. The van der Waals surface area contributed by atoms with Gasteiger partial charge < -0.3 is 19.5 Å². The van der Waals surface area contributed by atoms with E-state index in [1.807, 2.05) is 0 Å². The number of benzene rings is 2. The molecule has 1 saturated carbocycles. The van der Waals surface area contributed by atoms with Crippen molar-refractivity contribution in [2.24, 2.45) is 0 Å².